The standard InChI is InChI=1S/C15H17ClN4O2/c1-21-13-7-6-10(8-12(13)16)20-15(17)18-9-11-4-3-5-14(19-11)22-2/h3-8H,9H2,1-2H3,(H3,17,18,20). The van der Waals surface area contributed by atoms with E-state index in [1.54, 1.807) is 38.5 Å². The third-order valence-corrected chi connectivity index (χ3v) is 3.12. The second kappa shape index (κ2) is 7.51. The highest BCUT2D eigenvalue weighted by Crippen LogP contribution is 2.27. The molecule has 0 atom stereocenters. The Morgan fingerprint density at radius 1 is 1.27 bits per heavy atom. The van der Waals surface area contributed by atoms with Crippen molar-refractivity contribution in [1.82, 2.24) is 4.98 Å². The van der Waals surface area contributed by atoms with E-state index in [-0.39, 0.29) is 5.96 Å². The quantitative estimate of drug-likeness (QED) is 0.654. The zero-order valence-corrected chi connectivity index (χ0v) is 13.1. The number of ether oxygens (including phenoxy) is 2. The molecule has 0 spiro atoms. The molecule has 0 bridgehead atoms. The van der Waals surface area contributed by atoms with Crippen LogP contribution in [0.25, 0.3) is 0 Å². The van der Waals surface area contributed by atoms with Crippen LogP contribution in [0.5, 0.6) is 11.6 Å². The first-order valence-electron chi connectivity index (χ1n) is 6.53. The zero-order valence-electron chi connectivity index (χ0n) is 12.3. The van der Waals surface area contributed by atoms with E-state index in [0.717, 1.165) is 11.4 Å². The van der Waals surface area contributed by atoms with Gasteiger partial charge in [-0.05, 0) is 24.3 Å². The molecule has 0 saturated carbocycles. The first kappa shape index (κ1) is 15.9. The zero-order chi connectivity index (χ0) is 15.9. The van der Waals surface area contributed by atoms with E-state index in [2.05, 4.69) is 15.3 Å². The van der Waals surface area contributed by atoms with E-state index in [1.807, 2.05) is 12.1 Å². The lowest BCUT2D eigenvalue weighted by Gasteiger charge is -2.08. The van der Waals surface area contributed by atoms with Crippen molar-refractivity contribution < 1.29 is 9.47 Å². The van der Waals surface area contributed by atoms with Crippen molar-refractivity contribution in [2.45, 2.75) is 6.54 Å². The first-order chi connectivity index (χ1) is 10.6. The lowest BCUT2D eigenvalue weighted by Crippen LogP contribution is -2.22. The summed E-state index contributed by atoms with van der Waals surface area (Å²) < 4.78 is 10.2. The number of guanidine groups is 1. The molecule has 2 aromatic rings. The van der Waals surface area contributed by atoms with Crippen molar-refractivity contribution in [3.05, 3.63) is 47.1 Å². The number of rotatable bonds is 5. The maximum Gasteiger partial charge on any atom is 0.213 e. The van der Waals surface area contributed by atoms with Gasteiger partial charge in [-0.15, -0.1) is 0 Å². The minimum atomic E-state index is 0.269. The molecule has 2 rings (SSSR count). The summed E-state index contributed by atoms with van der Waals surface area (Å²) in [6.45, 7) is 0.347. The average Bonchev–Trinajstić information content (AvgIpc) is 2.53. The Balaban J connectivity index is 2.01. The fourth-order valence-electron chi connectivity index (χ4n) is 1.76. The highest BCUT2D eigenvalue weighted by molar-refractivity contribution is 6.32. The number of methoxy groups -OCH3 is 2. The molecule has 0 aliphatic heterocycles. The van der Waals surface area contributed by atoms with Crippen LogP contribution in [0.3, 0.4) is 0 Å². The Kier molecular flexibility index (Phi) is 5.43. The third kappa shape index (κ3) is 4.26. The Labute approximate surface area is 133 Å². The first-order valence-corrected chi connectivity index (χ1v) is 6.90. The number of nitrogens with one attached hydrogen (secondary N) is 1. The summed E-state index contributed by atoms with van der Waals surface area (Å²) in [6.07, 6.45) is 0. The van der Waals surface area contributed by atoms with Crippen molar-refractivity contribution in [2.75, 3.05) is 19.5 Å². The molecule has 0 amide bonds. The third-order valence-electron chi connectivity index (χ3n) is 2.83. The van der Waals surface area contributed by atoms with Gasteiger partial charge in [0.2, 0.25) is 5.88 Å². The number of aromatic nitrogens is 1. The summed E-state index contributed by atoms with van der Waals surface area (Å²) in [5.41, 5.74) is 7.34. The lowest BCUT2D eigenvalue weighted by atomic mass is 10.3. The van der Waals surface area contributed by atoms with E-state index in [1.165, 1.54) is 0 Å². The molecule has 7 heteroatoms. The maximum atomic E-state index is 6.05. The van der Waals surface area contributed by atoms with Crippen molar-refractivity contribution in [3.63, 3.8) is 0 Å². The average molecular weight is 321 g/mol. The summed E-state index contributed by atoms with van der Waals surface area (Å²) in [6, 6.07) is 10.7. The fourth-order valence-corrected chi connectivity index (χ4v) is 2.01. The van der Waals surface area contributed by atoms with Crippen LogP contribution in [0.4, 0.5) is 5.69 Å². The van der Waals surface area contributed by atoms with Gasteiger partial charge in [0.25, 0.3) is 0 Å². The topological polar surface area (TPSA) is 81.8 Å². The number of benzene rings is 1. The van der Waals surface area contributed by atoms with Gasteiger partial charge >= 0.3 is 0 Å². The molecule has 1 aromatic heterocycles. The summed E-state index contributed by atoms with van der Waals surface area (Å²) >= 11 is 6.05. The van der Waals surface area contributed by atoms with Crippen LogP contribution in [0.1, 0.15) is 5.69 Å². The Morgan fingerprint density at radius 3 is 2.77 bits per heavy atom. The monoisotopic (exact) mass is 320 g/mol. The number of hydrogen-bond donors (Lipinski definition) is 2. The smallest absolute Gasteiger partial charge is 0.213 e. The summed E-state index contributed by atoms with van der Waals surface area (Å²) in [7, 11) is 3.13. The van der Waals surface area contributed by atoms with E-state index >= 15 is 0 Å². The van der Waals surface area contributed by atoms with Crippen molar-refractivity contribution in [3.8, 4) is 11.6 Å². The lowest BCUT2D eigenvalue weighted by molar-refractivity contribution is 0.396. The second-order valence-corrected chi connectivity index (χ2v) is 4.75. The largest absolute Gasteiger partial charge is 0.495 e. The molecule has 6 nitrogen and oxygen atoms in total. The van der Waals surface area contributed by atoms with Gasteiger partial charge < -0.3 is 20.5 Å². The number of anilines is 1. The molecular weight excluding hydrogens is 304 g/mol. The Morgan fingerprint density at radius 2 is 2.09 bits per heavy atom. The van der Waals surface area contributed by atoms with E-state index in [4.69, 9.17) is 26.8 Å². The van der Waals surface area contributed by atoms with Crippen LogP contribution in [-0.4, -0.2) is 25.2 Å². The molecule has 0 saturated heterocycles. The minimum Gasteiger partial charge on any atom is -0.495 e. The highest BCUT2D eigenvalue weighted by Gasteiger charge is 2.03. The van der Waals surface area contributed by atoms with E-state index < -0.39 is 0 Å². The minimum absolute atomic E-state index is 0.269. The number of hydrogen-bond acceptors (Lipinski definition) is 4. The van der Waals surface area contributed by atoms with Gasteiger partial charge in [-0.1, -0.05) is 17.7 Å². The van der Waals surface area contributed by atoms with Gasteiger partial charge in [-0.3, -0.25) is 0 Å². The molecular formula is C15H17ClN4O2. The number of halogens is 1. The van der Waals surface area contributed by atoms with Crippen LogP contribution < -0.4 is 20.5 Å². The normalized spacial score (nSPS) is 11.1. The summed E-state index contributed by atoms with van der Waals surface area (Å²) in [5.74, 6) is 1.41. The molecule has 22 heavy (non-hydrogen) atoms. The van der Waals surface area contributed by atoms with Crippen LogP contribution in [0, 0.1) is 0 Å². The van der Waals surface area contributed by atoms with Gasteiger partial charge in [-0.2, -0.15) is 0 Å². The molecule has 1 heterocycles. The molecule has 0 aliphatic rings. The van der Waals surface area contributed by atoms with Crippen LogP contribution in [-0.2, 0) is 6.54 Å². The van der Waals surface area contributed by atoms with Crippen LogP contribution >= 0.6 is 11.6 Å². The van der Waals surface area contributed by atoms with Crippen LogP contribution in [0.15, 0.2) is 41.4 Å². The highest BCUT2D eigenvalue weighted by atomic mass is 35.5. The van der Waals surface area contributed by atoms with Gasteiger partial charge in [0.15, 0.2) is 5.96 Å². The molecule has 116 valence electrons. The number of nitrogens with two attached hydrogens (primary N) is 1. The summed E-state index contributed by atoms with van der Waals surface area (Å²) in [5, 5.41) is 3.46. The van der Waals surface area contributed by atoms with Gasteiger partial charge in [-0.25, -0.2) is 9.98 Å². The van der Waals surface area contributed by atoms with E-state index in [0.29, 0.717) is 23.2 Å². The van der Waals surface area contributed by atoms with Gasteiger partial charge in [0.1, 0.15) is 5.75 Å². The van der Waals surface area contributed by atoms with Crippen molar-refractivity contribution in [2.24, 2.45) is 10.7 Å². The molecule has 1 aromatic carbocycles. The molecule has 0 unspecified atom stereocenters. The number of pyridine rings is 1. The van der Waals surface area contributed by atoms with Gasteiger partial charge in [0.05, 0.1) is 31.5 Å². The predicted octanol–water partition coefficient (Wildman–Crippen LogP) is 2.68. The molecule has 0 radical (unpaired) electrons. The maximum absolute atomic E-state index is 6.05. The number of nitrogens with zero attached hydrogens (tertiary/aromatic N) is 2. The summed E-state index contributed by atoms with van der Waals surface area (Å²) in [4.78, 5) is 8.49. The molecule has 0 aliphatic carbocycles. The molecule has 3 N–H and O–H groups in total. The van der Waals surface area contributed by atoms with Gasteiger partial charge in [0, 0.05) is 11.8 Å². The molecule has 0 fully saturated rings. The van der Waals surface area contributed by atoms with Crippen LogP contribution in [0.2, 0.25) is 5.02 Å². The Hall–Kier alpha value is -2.47. The SMILES string of the molecule is COc1cccc(CN=C(N)Nc2ccc(OC)c(Cl)c2)n1. The number of aliphatic imine (C=N–C) groups is 1. The predicted molar refractivity (Wildman–Crippen MR) is 87.7 cm³/mol. The van der Waals surface area contributed by atoms with Crippen molar-refractivity contribution >= 4 is 23.2 Å². The Bertz CT molecular complexity index is 676. The fraction of sp³-hybridized carbons (Fsp3) is 0.200. The second-order valence-electron chi connectivity index (χ2n) is 4.35. The van der Waals surface area contributed by atoms with E-state index in [9.17, 15) is 0 Å². The van der Waals surface area contributed by atoms with Crippen molar-refractivity contribution in [1.29, 1.82) is 0 Å².